The number of nitrogens with one attached hydrogen (secondary N) is 1. The van der Waals surface area contributed by atoms with Crippen molar-refractivity contribution < 1.29 is 27.5 Å². The molecule has 0 aliphatic rings. The summed E-state index contributed by atoms with van der Waals surface area (Å²) in [4.78, 5) is 23.5. The Morgan fingerprint density at radius 3 is 2.39 bits per heavy atom. The van der Waals surface area contributed by atoms with Crippen molar-refractivity contribution in [2.45, 2.75) is 25.9 Å². The number of hydrogen-bond donors (Lipinski definition) is 1. The highest BCUT2D eigenvalue weighted by atomic mass is 19.4. The summed E-state index contributed by atoms with van der Waals surface area (Å²) in [6.45, 7) is 3.61. The van der Waals surface area contributed by atoms with Gasteiger partial charge in [-0.15, -0.1) is 0 Å². The average Bonchev–Trinajstić information content (AvgIpc) is 2.64. The smallest absolute Gasteiger partial charge is 0.416 e. The third-order valence-corrected chi connectivity index (χ3v) is 3.83. The highest BCUT2D eigenvalue weighted by molar-refractivity contribution is 5.94. The molecular formula is C21H20F3NO3. The predicted octanol–water partition coefficient (Wildman–Crippen LogP) is 5.02. The van der Waals surface area contributed by atoms with E-state index in [4.69, 9.17) is 4.74 Å². The van der Waals surface area contributed by atoms with Gasteiger partial charge in [0.2, 0.25) is 0 Å². The zero-order valence-corrected chi connectivity index (χ0v) is 15.4. The lowest BCUT2D eigenvalue weighted by molar-refractivity contribution is -0.142. The zero-order valence-electron chi connectivity index (χ0n) is 15.4. The number of anilines is 1. The minimum absolute atomic E-state index is 0.196. The Hall–Kier alpha value is -3.09. The van der Waals surface area contributed by atoms with Crippen LogP contribution in [0.4, 0.5) is 18.9 Å². The van der Waals surface area contributed by atoms with Gasteiger partial charge in [-0.05, 0) is 47.4 Å². The first-order valence-electron chi connectivity index (χ1n) is 8.57. The summed E-state index contributed by atoms with van der Waals surface area (Å²) in [7, 11) is 0. The maximum absolute atomic E-state index is 12.7. The molecule has 1 N–H and O–H groups in total. The fraction of sp³-hybridized carbons (Fsp3) is 0.238. The van der Waals surface area contributed by atoms with Crippen LogP contribution in [0.2, 0.25) is 0 Å². The molecule has 0 saturated heterocycles. The highest BCUT2D eigenvalue weighted by Gasteiger charge is 2.30. The van der Waals surface area contributed by atoms with Gasteiger partial charge >= 0.3 is 12.1 Å². The van der Waals surface area contributed by atoms with Gasteiger partial charge in [-0.3, -0.25) is 4.79 Å². The van der Waals surface area contributed by atoms with Crippen LogP contribution in [0.25, 0.3) is 6.08 Å². The second-order valence-electron chi connectivity index (χ2n) is 6.39. The third kappa shape index (κ3) is 6.57. The molecular weight excluding hydrogens is 371 g/mol. The summed E-state index contributed by atoms with van der Waals surface area (Å²) in [6.07, 6.45) is -2.30. The van der Waals surface area contributed by atoms with Gasteiger partial charge in [0, 0.05) is 11.8 Å². The van der Waals surface area contributed by atoms with Crippen molar-refractivity contribution in [3.05, 3.63) is 71.3 Å². The van der Waals surface area contributed by atoms with Crippen LogP contribution >= 0.6 is 0 Å². The zero-order chi connectivity index (χ0) is 20.7. The van der Waals surface area contributed by atoms with E-state index >= 15 is 0 Å². The van der Waals surface area contributed by atoms with E-state index in [2.05, 4.69) is 19.2 Å². The maximum atomic E-state index is 12.7. The standard InChI is InChI=1S/C21H20F3NO3/c1-14(2)16-7-9-18(10-8-16)25-19(26)13-28-20(27)11-6-15-4-3-5-17(12-15)21(22,23)24/h3-12,14H,13H2,1-2H3,(H,25,26). The number of carbonyl (C=O) groups excluding carboxylic acids is 2. The molecule has 0 spiro atoms. The molecule has 0 aromatic heterocycles. The SMILES string of the molecule is CC(C)c1ccc(NC(=O)COC(=O)C=Cc2cccc(C(F)(F)F)c2)cc1. The summed E-state index contributed by atoms with van der Waals surface area (Å²) in [5, 5.41) is 2.60. The van der Waals surface area contributed by atoms with Crippen molar-refractivity contribution in [3.63, 3.8) is 0 Å². The molecule has 4 nitrogen and oxygen atoms in total. The van der Waals surface area contributed by atoms with Crippen molar-refractivity contribution >= 4 is 23.6 Å². The minimum Gasteiger partial charge on any atom is -0.452 e. The highest BCUT2D eigenvalue weighted by Crippen LogP contribution is 2.29. The predicted molar refractivity (Wildman–Crippen MR) is 101 cm³/mol. The lowest BCUT2D eigenvalue weighted by Crippen LogP contribution is -2.20. The second-order valence-corrected chi connectivity index (χ2v) is 6.39. The van der Waals surface area contributed by atoms with Crippen LogP contribution in [-0.4, -0.2) is 18.5 Å². The van der Waals surface area contributed by atoms with Gasteiger partial charge in [0.15, 0.2) is 6.61 Å². The number of alkyl halides is 3. The summed E-state index contributed by atoms with van der Waals surface area (Å²) < 4.78 is 42.8. The minimum atomic E-state index is -4.46. The lowest BCUT2D eigenvalue weighted by atomic mass is 10.0. The van der Waals surface area contributed by atoms with Crippen LogP contribution < -0.4 is 5.32 Å². The fourth-order valence-corrected chi connectivity index (χ4v) is 2.32. The van der Waals surface area contributed by atoms with E-state index in [0.717, 1.165) is 23.8 Å². The number of amides is 1. The lowest BCUT2D eigenvalue weighted by Gasteiger charge is -2.08. The van der Waals surface area contributed by atoms with E-state index < -0.39 is 30.2 Å². The van der Waals surface area contributed by atoms with Gasteiger partial charge in [0.25, 0.3) is 5.91 Å². The molecule has 0 radical (unpaired) electrons. The monoisotopic (exact) mass is 391 g/mol. The molecule has 0 aliphatic carbocycles. The molecule has 1 amide bonds. The summed E-state index contributed by atoms with van der Waals surface area (Å²) in [5.74, 6) is -0.977. The van der Waals surface area contributed by atoms with Crippen LogP contribution in [0, 0.1) is 0 Å². The van der Waals surface area contributed by atoms with Crippen LogP contribution in [0.3, 0.4) is 0 Å². The number of benzene rings is 2. The Kier molecular flexibility index (Phi) is 6.98. The molecule has 0 heterocycles. The van der Waals surface area contributed by atoms with Crippen molar-refractivity contribution in [1.29, 1.82) is 0 Å². The van der Waals surface area contributed by atoms with Gasteiger partial charge < -0.3 is 10.1 Å². The van der Waals surface area contributed by atoms with Gasteiger partial charge in [-0.2, -0.15) is 13.2 Å². The quantitative estimate of drug-likeness (QED) is 0.555. The largest absolute Gasteiger partial charge is 0.452 e. The topological polar surface area (TPSA) is 55.4 Å². The van der Waals surface area contributed by atoms with Crippen LogP contribution in [-0.2, 0) is 20.5 Å². The third-order valence-electron chi connectivity index (χ3n) is 3.83. The Bertz CT molecular complexity index is 856. The fourth-order valence-electron chi connectivity index (χ4n) is 2.32. The van der Waals surface area contributed by atoms with E-state index in [1.807, 2.05) is 12.1 Å². The van der Waals surface area contributed by atoms with E-state index in [1.165, 1.54) is 18.2 Å². The number of rotatable bonds is 6. The molecule has 2 aromatic rings. The molecule has 0 aliphatic heterocycles. The molecule has 0 fully saturated rings. The summed E-state index contributed by atoms with van der Waals surface area (Å²) in [6, 6.07) is 11.8. The summed E-state index contributed by atoms with van der Waals surface area (Å²) in [5.41, 5.74) is 1.08. The van der Waals surface area contributed by atoms with E-state index in [1.54, 1.807) is 12.1 Å². The Morgan fingerprint density at radius 2 is 1.79 bits per heavy atom. The van der Waals surface area contributed by atoms with E-state index in [9.17, 15) is 22.8 Å². The van der Waals surface area contributed by atoms with Gasteiger partial charge in [0.05, 0.1) is 5.56 Å². The molecule has 0 unspecified atom stereocenters. The molecule has 0 bridgehead atoms. The first-order valence-corrected chi connectivity index (χ1v) is 8.57. The molecule has 28 heavy (non-hydrogen) atoms. The normalized spacial score (nSPS) is 11.6. The number of esters is 1. The Balaban J connectivity index is 1.85. The molecule has 148 valence electrons. The van der Waals surface area contributed by atoms with Crippen molar-refractivity contribution in [3.8, 4) is 0 Å². The maximum Gasteiger partial charge on any atom is 0.416 e. The average molecular weight is 391 g/mol. The van der Waals surface area contributed by atoms with E-state index in [-0.39, 0.29) is 5.56 Å². The number of halogens is 3. The molecule has 2 rings (SSSR count). The Morgan fingerprint density at radius 1 is 1.11 bits per heavy atom. The first kappa shape index (κ1) is 21.2. The number of carbonyl (C=O) groups is 2. The van der Waals surface area contributed by atoms with Crippen molar-refractivity contribution in [2.24, 2.45) is 0 Å². The van der Waals surface area contributed by atoms with Gasteiger partial charge in [-0.1, -0.05) is 38.1 Å². The van der Waals surface area contributed by atoms with Crippen LogP contribution in [0.5, 0.6) is 0 Å². The number of ether oxygens (including phenoxy) is 1. The molecule has 0 saturated carbocycles. The van der Waals surface area contributed by atoms with Gasteiger partial charge in [0.1, 0.15) is 0 Å². The van der Waals surface area contributed by atoms with Gasteiger partial charge in [-0.25, -0.2) is 4.79 Å². The molecule has 7 heteroatoms. The van der Waals surface area contributed by atoms with Crippen LogP contribution in [0.15, 0.2) is 54.6 Å². The van der Waals surface area contributed by atoms with Crippen molar-refractivity contribution in [2.75, 3.05) is 11.9 Å². The molecule has 2 aromatic carbocycles. The number of hydrogen-bond acceptors (Lipinski definition) is 3. The Labute approximate surface area is 161 Å². The van der Waals surface area contributed by atoms with E-state index in [0.29, 0.717) is 11.6 Å². The first-order chi connectivity index (χ1) is 13.1. The summed E-state index contributed by atoms with van der Waals surface area (Å²) >= 11 is 0. The van der Waals surface area contributed by atoms with Crippen molar-refractivity contribution in [1.82, 2.24) is 0 Å². The molecule has 0 atom stereocenters. The van der Waals surface area contributed by atoms with Crippen LogP contribution in [0.1, 0.15) is 36.5 Å². The second kappa shape index (κ2) is 9.21.